The van der Waals surface area contributed by atoms with Gasteiger partial charge >= 0.3 is 12.1 Å². The smallest absolute Gasteiger partial charge is 0.475 e. The van der Waals surface area contributed by atoms with Crippen LogP contribution in [0.4, 0.5) is 13.2 Å². The predicted molar refractivity (Wildman–Crippen MR) is 135 cm³/mol. The third kappa shape index (κ3) is 7.34. The number of nitrogen functional groups attached to an aromatic ring is 1. The molecule has 1 amide bonds. The normalized spacial score (nSPS) is 10.9. The molecule has 1 aromatic heterocycles. The maximum atomic E-state index is 13.0. The number of halogens is 4. The second-order valence-electron chi connectivity index (χ2n) is 7.90. The van der Waals surface area contributed by atoms with E-state index in [9.17, 15) is 18.0 Å². The topological polar surface area (TPSA) is 121 Å². The van der Waals surface area contributed by atoms with Crippen molar-refractivity contribution < 1.29 is 27.9 Å². The number of fused-ring (bicyclic) bond motifs is 1. The number of nitrogens with one attached hydrogen (secondary N) is 2. The number of carbonyl (C=O) groups excluding carboxylic acids is 1. The number of amides is 1. The van der Waals surface area contributed by atoms with Crippen molar-refractivity contribution in [2.75, 3.05) is 0 Å². The first-order chi connectivity index (χ1) is 17.5. The lowest BCUT2D eigenvalue weighted by Crippen LogP contribution is -2.25. The Morgan fingerprint density at radius 3 is 2.11 bits per heavy atom. The van der Waals surface area contributed by atoms with Crippen LogP contribution < -0.4 is 11.1 Å². The van der Waals surface area contributed by atoms with E-state index >= 15 is 0 Å². The number of hydrogen-bond acceptors (Lipinski definition) is 3. The van der Waals surface area contributed by atoms with E-state index in [4.69, 9.17) is 32.6 Å². The number of aromatic nitrogens is 1. The van der Waals surface area contributed by atoms with Gasteiger partial charge in [0, 0.05) is 34.6 Å². The molecule has 0 fully saturated rings. The van der Waals surface area contributed by atoms with Crippen molar-refractivity contribution in [3.8, 4) is 0 Å². The summed E-state index contributed by atoms with van der Waals surface area (Å²) in [6.45, 7) is 0.959. The molecule has 4 aromatic rings. The summed E-state index contributed by atoms with van der Waals surface area (Å²) in [5.41, 5.74) is 9.81. The van der Waals surface area contributed by atoms with Crippen LogP contribution in [-0.2, 0) is 17.9 Å². The largest absolute Gasteiger partial charge is 0.490 e. The lowest BCUT2D eigenvalue weighted by molar-refractivity contribution is -0.192. The predicted octanol–water partition coefficient (Wildman–Crippen LogP) is 5.19. The molecule has 3 aromatic carbocycles. The van der Waals surface area contributed by atoms with Crippen LogP contribution in [0.3, 0.4) is 0 Å². The van der Waals surface area contributed by atoms with Crippen molar-refractivity contribution in [3.05, 3.63) is 106 Å². The highest BCUT2D eigenvalue weighted by Gasteiger charge is 2.38. The van der Waals surface area contributed by atoms with E-state index in [1.165, 1.54) is 0 Å². The molecular formula is C26H22ClF3N4O3. The molecule has 0 saturated carbocycles. The minimum atomic E-state index is -5.08. The van der Waals surface area contributed by atoms with Gasteiger partial charge in [-0.2, -0.15) is 13.2 Å². The first-order valence-electron chi connectivity index (χ1n) is 10.8. The zero-order chi connectivity index (χ0) is 27.2. The lowest BCUT2D eigenvalue weighted by atomic mass is 10.1. The molecule has 0 spiro atoms. The molecule has 0 radical (unpaired) electrons. The average Bonchev–Trinajstić information content (AvgIpc) is 3.22. The Labute approximate surface area is 214 Å². The van der Waals surface area contributed by atoms with Gasteiger partial charge in [0.1, 0.15) is 11.5 Å². The third-order valence-electron chi connectivity index (χ3n) is 5.26. The monoisotopic (exact) mass is 530 g/mol. The number of amidine groups is 1. The molecule has 0 aliphatic heterocycles. The van der Waals surface area contributed by atoms with Crippen molar-refractivity contribution >= 4 is 40.2 Å². The van der Waals surface area contributed by atoms with Gasteiger partial charge in [-0.25, -0.2) is 4.79 Å². The van der Waals surface area contributed by atoms with E-state index in [0.717, 1.165) is 22.0 Å². The number of carboxylic acids is 1. The van der Waals surface area contributed by atoms with E-state index in [2.05, 4.69) is 5.32 Å². The number of carbonyl (C=O) groups is 2. The zero-order valence-electron chi connectivity index (χ0n) is 19.2. The Morgan fingerprint density at radius 1 is 0.973 bits per heavy atom. The maximum absolute atomic E-state index is 13.0. The highest BCUT2D eigenvalue weighted by Crippen LogP contribution is 2.22. The van der Waals surface area contributed by atoms with Crippen LogP contribution in [0.2, 0.25) is 5.02 Å². The summed E-state index contributed by atoms with van der Waals surface area (Å²) in [6, 6.07) is 24.8. The molecule has 0 aliphatic carbocycles. The van der Waals surface area contributed by atoms with Gasteiger partial charge in [-0.3, -0.25) is 10.2 Å². The molecule has 192 valence electrons. The maximum Gasteiger partial charge on any atom is 0.490 e. The Bertz CT molecular complexity index is 1420. The number of benzene rings is 3. The van der Waals surface area contributed by atoms with Crippen LogP contribution in [0, 0.1) is 5.41 Å². The molecule has 0 bridgehead atoms. The number of nitrogens with zero attached hydrogens (tertiary/aromatic N) is 1. The van der Waals surface area contributed by atoms with Gasteiger partial charge in [0.05, 0.1) is 0 Å². The van der Waals surface area contributed by atoms with Crippen molar-refractivity contribution in [1.29, 1.82) is 5.41 Å². The molecule has 0 saturated heterocycles. The minimum Gasteiger partial charge on any atom is -0.475 e. The zero-order valence-corrected chi connectivity index (χ0v) is 20.0. The first kappa shape index (κ1) is 27.3. The standard InChI is InChI=1S/C24H21ClN4O.C2HF3O2/c25-20-11-7-16(8-12-20)14-28-24(30)22-13-19-3-1-2-4-21(19)29(22)15-17-5-9-18(10-6-17)23(26)27;3-2(4,5)1(6)7/h1-13H,14-15H2,(H3,26,27)(H,28,30);(H,6,7). The van der Waals surface area contributed by atoms with Crippen molar-refractivity contribution in [1.82, 2.24) is 9.88 Å². The summed E-state index contributed by atoms with van der Waals surface area (Å²) < 4.78 is 33.7. The Kier molecular flexibility index (Phi) is 8.56. The second-order valence-corrected chi connectivity index (χ2v) is 8.33. The van der Waals surface area contributed by atoms with Crippen LogP contribution in [0.1, 0.15) is 27.2 Å². The van der Waals surface area contributed by atoms with Gasteiger partial charge in [0.15, 0.2) is 0 Å². The number of nitrogens with two attached hydrogens (primary N) is 1. The summed E-state index contributed by atoms with van der Waals surface area (Å²) >= 11 is 5.93. The molecule has 11 heteroatoms. The van der Waals surface area contributed by atoms with Gasteiger partial charge in [-0.05, 0) is 35.4 Å². The van der Waals surface area contributed by atoms with Gasteiger partial charge < -0.3 is 20.7 Å². The molecular weight excluding hydrogens is 509 g/mol. The first-order valence-corrected chi connectivity index (χ1v) is 11.2. The van der Waals surface area contributed by atoms with Gasteiger partial charge in [0.25, 0.3) is 5.91 Å². The van der Waals surface area contributed by atoms with Gasteiger partial charge in [-0.1, -0.05) is 66.2 Å². The van der Waals surface area contributed by atoms with Crippen LogP contribution in [0.15, 0.2) is 78.9 Å². The number of carboxylic acid groups (broad SMARTS) is 1. The summed E-state index contributed by atoms with van der Waals surface area (Å²) in [4.78, 5) is 21.9. The fraction of sp³-hybridized carbons (Fsp3) is 0.115. The fourth-order valence-electron chi connectivity index (χ4n) is 3.42. The SMILES string of the molecule is N=C(N)c1ccc(Cn2c(C(=O)NCc3ccc(Cl)cc3)cc3ccccc32)cc1.O=C(O)C(F)(F)F. The number of rotatable bonds is 6. The molecule has 4 rings (SSSR count). The number of aliphatic carboxylic acids is 1. The number of hydrogen-bond donors (Lipinski definition) is 4. The second kappa shape index (κ2) is 11.6. The minimum absolute atomic E-state index is 0.0373. The quantitative estimate of drug-likeness (QED) is 0.202. The van der Waals surface area contributed by atoms with E-state index in [-0.39, 0.29) is 11.7 Å². The van der Waals surface area contributed by atoms with Crippen molar-refractivity contribution in [3.63, 3.8) is 0 Å². The summed E-state index contributed by atoms with van der Waals surface area (Å²) in [5, 5.41) is 19.3. The molecule has 1 heterocycles. The van der Waals surface area contributed by atoms with E-state index in [0.29, 0.717) is 29.4 Å². The molecule has 37 heavy (non-hydrogen) atoms. The van der Waals surface area contributed by atoms with Crippen LogP contribution >= 0.6 is 11.6 Å². The van der Waals surface area contributed by atoms with E-state index in [1.807, 2.05) is 83.4 Å². The average molecular weight is 531 g/mol. The Morgan fingerprint density at radius 2 is 1.54 bits per heavy atom. The van der Waals surface area contributed by atoms with Crippen molar-refractivity contribution in [2.24, 2.45) is 5.73 Å². The Hall–Kier alpha value is -4.31. The van der Waals surface area contributed by atoms with Crippen molar-refractivity contribution in [2.45, 2.75) is 19.3 Å². The van der Waals surface area contributed by atoms with Crippen LogP contribution in [0.5, 0.6) is 0 Å². The lowest BCUT2D eigenvalue weighted by Gasteiger charge is -2.12. The molecule has 0 unspecified atom stereocenters. The van der Waals surface area contributed by atoms with Crippen LogP contribution in [-0.4, -0.2) is 33.6 Å². The Balaban J connectivity index is 0.000000479. The summed E-state index contributed by atoms with van der Waals surface area (Å²) in [6.07, 6.45) is -5.08. The van der Waals surface area contributed by atoms with E-state index in [1.54, 1.807) is 0 Å². The number of alkyl halides is 3. The van der Waals surface area contributed by atoms with Crippen LogP contribution in [0.25, 0.3) is 10.9 Å². The highest BCUT2D eigenvalue weighted by atomic mass is 35.5. The molecule has 5 N–H and O–H groups in total. The number of para-hydroxylation sites is 1. The fourth-order valence-corrected chi connectivity index (χ4v) is 3.54. The highest BCUT2D eigenvalue weighted by molar-refractivity contribution is 6.30. The van der Waals surface area contributed by atoms with E-state index < -0.39 is 12.1 Å². The molecule has 0 aliphatic rings. The van der Waals surface area contributed by atoms with Gasteiger partial charge in [0.2, 0.25) is 0 Å². The third-order valence-corrected chi connectivity index (χ3v) is 5.51. The molecule has 0 atom stereocenters. The summed E-state index contributed by atoms with van der Waals surface area (Å²) in [5.74, 6) is -2.86. The molecule has 7 nitrogen and oxygen atoms in total. The van der Waals surface area contributed by atoms with Gasteiger partial charge in [-0.15, -0.1) is 0 Å². The summed E-state index contributed by atoms with van der Waals surface area (Å²) in [7, 11) is 0.